The molecule has 7 nitrogen and oxygen atoms in total. The van der Waals surface area contributed by atoms with E-state index in [0.29, 0.717) is 16.8 Å². The molecule has 8 heteroatoms. The van der Waals surface area contributed by atoms with Gasteiger partial charge in [-0.15, -0.1) is 11.3 Å². The maximum Gasteiger partial charge on any atom is 0.253 e. The molecule has 2 amide bonds. The van der Waals surface area contributed by atoms with E-state index >= 15 is 0 Å². The van der Waals surface area contributed by atoms with E-state index in [1.807, 2.05) is 50.7 Å². The highest BCUT2D eigenvalue weighted by molar-refractivity contribution is 7.14. The van der Waals surface area contributed by atoms with Crippen LogP contribution in [0.3, 0.4) is 0 Å². The highest BCUT2D eigenvalue weighted by atomic mass is 32.1. The number of aromatic nitrogens is 2. The van der Waals surface area contributed by atoms with E-state index in [4.69, 9.17) is 4.74 Å². The summed E-state index contributed by atoms with van der Waals surface area (Å²) in [6.07, 6.45) is 8.93. The Labute approximate surface area is 219 Å². The van der Waals surface area contributed by atoms with Crippen molar-refractivity contribution in [3.05, 3.63) is 59.2 Å². The van der Waals surface area contributed by atoms with Gasteiger partial charge in [-0.25, -0.2) is 4.98 Å². The second-order valence-electron chi connectivity index (χ2n) is 9.06. The second kappa shape index (κ2) is 15.2. The normalized spacial score (nSPS) is 12.3. The summed E-state index contributed by atoms with van der Waals surface area (Å²) in [5.74, 6) is 0.268. The number of thiazole rings is 1. The summed E-state index contributed by atoms with van der Waals surface area (Å²) in [6.45, 7) is 8.66. The van der Waals surface area contributed by atoms with Crippen molar-refractivity contribution in [3.63, 3.8) is 0 Å². The Balaban J connectivity index is 0.000000352. The fourth-order valence-electron chi connectivity index (χ4n) is 3.50. The van der Waals surface area contributed by atoms with E-state index in [-0.39, 0.29) is 18.4 Å². The van der Waals surface area contributed by atoms with Crippen molar-refractivity contribution in [2.24, 2.45) is 13.0 Å². The summed E-state index contributed by atoms with van der Waals surface area (Å²) in [4.78, 5) is 28.3. The number of rotatable bonds is 11. The van der Waals surface area contributed by atoms with E-state index in [1.165, 1.54) is 30.6 Å². The molecular weight excluding hydrogens is 472 g/mol. The van der Waals surface area contributed by atoms with Gasteiger partial charge < -0.3 is 19.9 Å². The van der Waals surface area contributed by atoms with Crippen molar-refractivity contribution in [1.29, 1.82) is 0 Å². The zero-order valence-electron chi connectivity index (χ0n) is 22.3. The van der Waals surface area contributed by atoms with Crippen LogP contribution in [0.4, 0.5) is 5.13 Å². The molecule has 0 aliphatic heterocycles. The number of hydrogen-bond acceptors (Lipinski definition) is 5. The van der Waals surface area contributed by atoms with Crippen LogP contribution >= 0.6 is 11.3 Å². The van der Waals surface area contributed by atoms with Crippen molar-refractivity contribution >= 4 is 28.3 Å². The molecule has 3 rings (SSSR count). The van der Waals surface area contributed by atoms with Gasteiger partial charge in [0.05, 0.1) is 23.9 Å². The minimum absolute atomic E-state index is 0.104. The average Bonchev–Trinajstić information content (AvgIpc) is 3.52. The number of ether oxygens (including phenoxy) is 1. The maximum absolute atomic E-state index is 12.0. The van der Waals surface area contributed by atoms with Crippen LogP contribution in [0, 0.1) is 12.8 Å². The molecule has 2 unspecified atom stereocenters. The smallest absolute Gasteiger partial charge is 0.253 e. The lowest BCUT2D eigenvalue weighted by molar-refractivity contribution is -0.115. The topological polar surface area (TPSA) is 85.3 Å². The quantitative estimate of drug-likeness (QED) is 0.327. The largest absolute Gasteiger partial charge is 0.381 e. The number of hydrogen-bond donors (Lipinski definition) is 2. The van der Waals surface area contributed by atoms with Crippen LogP contribution < -0.4 is 10.6 Å². The first-order valence-electron chi connectivity index (χ1n) is 12.5. The van der Waals surface area contributed by atoms with Crippen molar-refractivity contribution in [2.75, 3.05) is 19.0 Å². The van der Waals surface area contributed by atoms with Crippen molar-refractivity contribution in [3.8, 4) is 11.3 Å². The van der Waals surface area contributed by atoms with Crippen molar-refractivity contribution in [1.82, 2.24) is 14.9 Å². The van der Waals surface area contributed by atoms with Gasteiger partial charge in [-0.1, -0.05) is 51.0 Å². The van der Waals surface area contributed by atoms with Gasteiger partial charge in [-0.05, 0) is 44.2 Å². The average molecular weight is 513 g/mol. The lowest BCUT2D eigenvalue weighted by Crippen LogP contribution is -2.32. The Bertz CT molecular complexity index is 1090. The Hall–Kier alpha value is -2.97. The fraction of sp³-hybridized carbons (Fsp3) is 0.464. The molecule has 0 spiro atoms. The molecule has 2 atom stereocenters. The molecule has 0 fully saturated rings. The lowest BCUT2D eigenvalue weighted by Gasteiger charge is -2.15. The molecule has 2 N–H and O–H groups in total. The minimum atomic E-state index is -0.311. The van der Waals surface area contributed by atoms with E-state index < -0.39 is 0 Å². The number of anilines is 1. The number of aryl methyl sites for hydroxylation is 2. The second-order valence-corrected chi connectivity index (χ2v) is 9.92. The van der Waals surface area contributed by atoms with Gasteiger partial charge in [-0.3, -0.25) is 9.59 Å². The zero-order valence-corrected chi connectivity index (χ0v) is 23.2. The lowest BCUT2D eigenvalue weighted by atomic mass is 10.00. The third kappa shape index (κ3) is 9.95. The van der Waals surface area contributed by atoms with Gasteiger partial charge in [0.25, 0.3) is 5.91 Å². The molecule has 0 bridgehead atoms. The van der Waals surface area contributed by atoms with Crippen LogP contribution in [0.2, 0.25) is 0 Å². The SMILES string of the molecule is CCC(C)CCC(CC)OC.Cc1cccc(-c2csc(NC(=O)CNC(=O)c3ccn(C)c3)n2)c1. The molecule has 196 valence electrons. The standard InChI is InChI=1S/C18H18N4O2S.C10H22O/c1-12-4-3-5-13(8-12)15-11-25-18(20-15)21-16(23)9-19-17(24)14-6-7-22(2)10-14;1-5-9(3)7-8-10(6-2)11-4/h3-8,10-11H,9H2,1-2H3,(H,19,24)(H,20,21,23);9-10H,5-8H2,1-4H3. The van der Waals surface area contributed by atoms with Crippen LogP contribution in [0.25, 0.3) is 11.3 Å². The molecule has 2 heterocycles. The Morgan fingerprint density at radius 3 is 2.56 bits per heavy atom. The molecule has 0 aliphatic carbocycles. The predicted molar refractivity (Wildman–Crippen MR) is 148 cm³/mol. The van der Waals surface area contributed by atoms with Crippen LogP contribution in [0.1, 0.15) is 62.4 Å². The van der Waals surface area contributed by atoms with Gasteiger partial charge in [-0.2, -0.15) is 0 Å². The Morgan fingerprint density at radius 1 is 1.17 bits per heavy atom. The summed E-state index contributed by atoms with van der Waals surface area (Å²) in [6, 6.07) is 9.71. The van der Waals surface area contributed by atoms with Crippen molar-refractivity contribution in [2.45, 2.75) is 59.5 Å². The van der Waals surface area contributed by atoms with Gasteiger partial charge >= 0.3 is 0 Å². The van der Waals surface area contributed by atoms with Gasteiger partial charge in [0.2, 0.25) is 5.91 Å². The molecule has 1 aromatic carbocycles. The van der Waals surface area contributed by atoms with Gasteiger partial charge in [0, 0.05) is 37.5 Å². The van der Waals surface area contributed by atoms with E-state index in [0.717, 1.165) is 29.2 Å². The number of benzene rings is 1. The molecule has 0 saturated carbocycles. The summed E-state index contributed by atoms with van der Waals surface area (Å²) in [5, 5.41) is 7.70. The minimum Gasteiger partial charge on any atom is -0.381 e. The Kier molecular flexibility index (Phi) is 12.4. The first kappa shape index (κ1) is 29.3. The van der Waals surface area contributed by atoms with Crippen LogP contribution in [-0.2, 0) is 16.6 Å². The first-order valence-corrected chi connectivity index (χ1v) is 13.4. The predicted octanol–water partition coefficient (Wildman–Crippen LogP) is 6.06. The highest BCUT2D eigenvalue weighted by Crippen LogP contribution is 2.25. The number of nitrogens with one attached hydrogen (secondary N) is 2. The zero-order chi connectivity index (χ0) is 26.5. The summed E-state index contributed by atoms with van der Waals surface area (Å²) in [7, 11) is 3.64. The van der Waals surface area contributed by atoms with Gasteiger partial charge in [0.1, 0.15) is 0 Å². The molecule has 0 aliphatic rings. The molecule has 2 aromatic heterocycles. The van der Waals surface area contributed by atoms with E-state index in [1.54, 1.807) is 23.0 Å². The number of carbonyl (C=O) groups excluding carboxylic acids is 2. The molecule has 0 saturated heterocycles. The van der Waals surface area contributed by atoms with Gasteiger partial charge in [0.15, 0.2) is 5.13 Å². The summed E-state index contributed by atoms with van der Waals surface area (Å²) in [5.41, 5.74) is 3.50. The number of methoxy groups -OCH3 is 1. The summed E-state index contributed by atoms with van der Waals surface area (Å²) < 4.78 is 7.07. The monoisotopic (exact) mass is 512 g/mol. The number of nitrogens with zero attached hydrogens (tertiary/aromatic N) is 2. The molecule has 3 aromatic rings. The first-order chi connectivity index (χ1) is 17.2. The molecule has 0 radical (unpaired) electrons. The number of carbonyl (C=O) groups is 2. The fourth-order valence-corrected chi connectivity index (χ4v) is 4.23. The third-order valence-electron chi connectivity index (χ3n) is 6.04. The third-order valence-corrected chi connectivity index (χ3v) is 6.79. The number of amides is 2. The Morgan fingerprint density at radius 2 is 1.94 bits per heavy atom. The van der Waals surface area contributed by atoms with Crippen molar-refractivity contribution < 1.29 is 14.3 Å². The highest BCUT2D eigenvalue weighted by Gasteiger charge is 2.11. The summed E-state index contributed by atoms with van der Waals surface area (Å²) >= 11 is 1.35. The van der Waals surface area contributed by atoms with Crippen LogP contribution in [0.15, 0.2) is 48.1 Å². The molecular formula is C28H40N4O3S. The molecule has 36 heavy (non-hydrogen) atoms. The maximum atomic E-state index is 12.0. The van der Waals surface area contributed by atoms with Crippen LogP contribution in [-0.4, -0.2) is 41.1 Å². The van der Waals surface area contributed by atoms with E-state index in [9.17, 15) is 9.59 Å². The van der Waals surface area contributed by atoms with Crippen LogP contribution in [0.5, 0.6) is 0 Å². The van der Waals surface area contributed by atoms with E-state index in [2.05, 4.69) is 36.4 Å².